The lowest BCUT2D eigenvalue weighted by Gasteiger charge is -2.24. The van der Waals surface area contributed by atoms with Crippen LogP contribution < -0.4 is 4.74 Å². The second-order valence-corrected chi connectivity index (χ2v) is 8.41. The van der Waals surface area contributed by atoms with E-state index >= 15 is 0 Å². The van der Waals surface area contributed by atoms with Crippen LogP contribution in [0, 0.1) is 5.92 Å². The van der Waals surface area contributed by atoms with E-state index in [1.165, 1.54) is 5.56 Å². The number of nitrogens with zero attached hydrogens (tertiary/aromatic N) is 3. The summed E-state index contributed by atoms with van der Waals surface area (Å²) in [5, 5.41) is 13.6. The minimum Gasteiger partial charge on any atom is -0.491 e. The van der Waals surface area contributed by atoms with E-state index in [2.05, 4.69) is 16.2 Å². The summed E-state index contributed by atoms with van der Waals surface area (Å²) >= 11 is 0. The average Bonchev–Trinajstić information content (AvgIpc) is 3.43. The highest BCUT2D eigenvalue weighted by atomic mass is 16.5. The predicted octanol–water partition coefficient (Wildman–Crippen LogP) is 3.63. The summed E-state index contributed by atoms with van der Waals surface area (Å²) in [5.41, 5.74) is 4.07. The third kappa shape index (κ3) is 3.49. The summed E-state index contributed by atoms with van der Waals surface area (Å²) in [6, 6.07) is 13.7. The molecular weight excluding hydrogens is 394 g/mol. The molecule has 1 N–H and O–H groups in total. The largest absolute Gasteiger partial charge is 0.491 e. The van der Waals surface area contributed by atoms with Crippen LogP contribution in [0.5, 0.6) is 5.75 Å². The van der Waals surface area contributed by atoms with Gasteiger partial charge in [-0.3, -0.25) is 4.79 Å². The van der Waals surface area contributed by atoms with Gasteiger partial charge in [0.1, 0.15) is 5.75 Å². The van der Waals surface area contributed by atoms with Gasteiger partial charge in [0.05, 0.1) is 18.8 Å². The fourth-order valence-corrected chi connectivity index (χ4v) is 4.82. The number of aliphatic hydroxyl groups is 1. The molecule has 1 amide bonds. The average molecular weight is 419 g/mol. The smallest absolute Gasteiger partial charge is 0.258 e. The molecule has 1 fully saturated rings. The van der Waals surface area contributed by atoms with Crippen LogP contribution in [0.4, 0.5) is 0 Å². The Morgan fingerprint density at radius 1 is 1.19 bits per heavy atom. The lowest BCUT2D eigenvalue weighted by molar-refractivity contribution is -0.129. The molecule has 0 spiro atoms. The van der Waals surface area contributed by atoms with E-state index < -0.39 is 0 Å². The number of hydrogen-bond donors (Lipinski definition) is 1. The molecule has 1 saturated heterocycles. The molecule has 0 unspecified atom stereocenters. The quantitative estimate of drug-likeness (QED) is 0.656. The number of fused-ring (bicyclic) bond motifs is 3. The Balaban J connectivity index is 1.44. The molecule has 2 atom stereocenters. The van der Waals surface area contributed by atoms with Crippen molar-refractivity contribution in [2.45, 2.75) is 38.8 Å². The SMILES string of the molecule is CC(C)Oc1ccc(-c2nc(-c3cccc4c3C[C@H]3CC(=O)N(CCO)[C@@H]43)no2)cc1. The molecule has 7 nitrogen and oxygen atoms in total. The maximum absolute atomic E-state index is 12.4. The summed E-state index contributed by atoms with van der Waals surface area (Å²) in [7, 11) is 0. The second-order valence-electron chi connectivity index (χ2n) is 8.41. The highest BCUT2D eigenvalue weighted by molar-refractivity contribution is 5.81. The van der Waals surface area contributed by atoms with Crippen LogP contribution in [0.3, 0.4) is 0 Å². The van der Waals surface area contributed by atoms with E-state index in [0.29, 0.717) is 24.7 Å². The lowest BCUT2D eigenvalue weighted by atomic mass is 10.0. The van der Waals surface area contributed by atoms with Gasteiger partial charge in [-0.25, -0.2) is 0 Å². The Kier molecular flexibility index (Phi) is 4.98. The molecule has 1 aliphatic heterocycles. The van der Waals surface area contributed by atoms with Gasteiger partial charge in [-0.1, -0.05) is 23.4 Å². The monoisotopic (exact) mass is 419 g/mol. The van der Waals surface area contributed by atoms with Gasteiger partial charge in [-0.15, -0.1) is 0 Å². The van der Waals surface area contributed by atoms with Crippen molar-refractivity contribution in [2.75, 3.05) is 13.2 Å². The molecule has 160 valence electrons. The van der Waals surface area contributed by atoms with Crippen molar-refractivity contribution < 1.29 is 19.2 Å². The molecule has 2 aromatic carbocycles. The molecule has 1 aromatic heterocycles. The number of aliphatic hydroxyl groups excluding tert-OH is 1. The fraction of sp³-hybridized carbons (Fsp3) is 0.375. The van der Waals surface area contributed by atoms with Crippen LogP contribution in [-0.4, -0.2) is 45.3 Å². The van der Waals surface area contributed by atoms with E-state index in [-0.39, 0.29) is 30.6 Å². The van der Waals surface area contributed by atoms with E-state index in [9.17, 15) is 9.90 Å². The first-order chi connectivity index (χ1) is 15.0. The second kappa shape index (κ2) is 7.81. The normalized spacial score (nSPS) is 19.7. The fourth-order valence-electron chi connectivity index (χ4n) is 4.82. The first-order valence-corrected chi connectivity index (χ1v) is 10.7. The maximum atomic E-state index is 12.4. The number of likely N-dealkylation sites (tertiary alicyclic amines) is 1. The Hall–Kier alpha value is -3.19. The van der Waals surface area contributed by atoms with Crippen molar-refractivity contribution in [1.29, 1.82) is 0 Å². The van der Waals surface area contributed by atoms with Gasteiger partial charge in [0.25, 0.3) is 5.89 Å². The maximum Gasteiger partial charge on any atom is 0.258 e. The Morgan fingerprint density at radius 2 is 2.00 bits per heavy atom. The number of β-amino-alcohol motifs (C(OH)–C–C–N with tert-alkyl or cyclic N) is 1. The van der Waals surface area contributed by atoms with Crippen LogP contribution in [0.2, 0.25) is 0 Å². The molecule has 3 aromatic rings. The van der Waals surface area contributed by atoms with Crippen molar-refractivity contribution in [3.8, 4) is 28.6 Å². The first kappa shape index (κ1) is 19.8. The van der Waals surface area contributed by atoms with Crippen LogP contribution in [0.15, 0.2) is 47.0 Å². The molecule has 0 radical (unpaired) electrons. The van der Waals surface area contributed by atoms with Crippen LogP contribution in [0.25, 0.3) is 22.8 Å². The molecule has 0 bridgehead atoms. The van der Waals surface area contributed by atoms with Gasteiger partial charge in [0.2, 0.25) is 11.7 Å². The summed E-state index contributed by atoms with van der Waals surface area (Å²) in [4.78, 5) is 18.8. The predicted molar refractivity (Wildman–Crippen MR) is 114 cm³/mol. The number of rotatable bonds is 6. The van der Waals surface area contributed by atoms with Crippen molar-refractivity contribution in [2.24, 2.45) is 5.92 Å². The summed E-state index contributed by atoms with van der Waals surface area (Å²) in [6.07, 6.45) is 1.43. The zero-order valence-corrected chi connectivity index (χ0v) is 17.6. The van der Waals surface area contributed by atoms with Crippen molar-refractivity contribution in [1.82, 2.24) is 15.0 Å². The zero-order chi connectivity index (χ0) is 21.5. The van der Waals surface area contributed by atoms with E-state index in [4.69, 9.17) is 9.26 Å². The van der Waals surface area contributed by atoms with Crippen LogP contribution >= 0.6 is 0 Å². The summed E-state index contributed by atoms with van der Waals surface area (Å²) in [6.45, 7) is 4.32. The molecule has 0 saturated carbocycles. The number of carbonyl (C=O) groups is 1. The first-order valence-electron chi connectivity index (χ1n) is 10.7. The number of carbonyl (C=O) groups excluding carboxylic acids is 1. The molecule has 2 aliphatic rings. The van der Waals surface area contributed by atoms with Crippen molar-refractivity contribution in [3.05, 3.63) is 53.6 Å². The topological polar surface area (TPSA) is 88.7 Å². The van der Waals surface area contributed by atoms with Gasteiger partial charge >= 0.3 is 0 Å². The molecule has 7 heteroatoms. The highest BCUT2D eigenvalue weighted by Gasteiger charge is 2.46. The Labute approximate surface area is 180 Å². The van der Waals surface area contributed by atoms with E-state index in [0.717, 1.165) is 28.9 Å². The number of amides is 1. The third-order valence-electron chi connectivity index (χ3n) is 6.02. The van der Waals surface area contributed by atoms with Crippen LogP contribution in [0.1, 0.15) is 37.4 Å². The Bertz CT molecular complexity index is 1110. The molecule has 31 heavy (non-hydrogen) atoms. The third-order valence-corrected chi connectivity index (χ3v) is 6.02. The zero-order valence-electron chi connectivity index (χ0n) is 17.6. The molecular formula is C24H25N3O4. The van der Waals surface area contributed by atoms with Gasteiger partial charge in [-0.05, 0) is 61.6 Å². The minimum absolute atomic E-state index is 0.0227. The van der Waals surface area contributed by atoms with Gasteiger partial charge in [-0.2, -0.15) is 4.98 Å². The van der Waals surface area contributed by atoms with Gasteiger partial charge < -0.3 is 19.3 Å². The summed E-state index contributed by atoms with van der Waals surface area (Å²) < 4.78 is 11.2. The number of benzene rings is 2. The number of hydrogen-bond acceptors (Lipinski definition) is 6. The lowest BCUT2D eigenvalue weighted by Crippen LogP contribution is -2.30. The highest BCUT2D eigenvalue weighted by Crippen LogP contribution is 2.49. The van der Waals surface area contributed by atoms with Crippen molar-refractivity contribution in [3.63, 3.8) is 0 Å². The number of ether oxygens (including phenoxy) is 1. The van der Waals surface area contributed by atoms with E-state index in [1.54, 1.807) is 0 Å². The van der Waals surface area contributed by atoms with Crippen molar-refractivity contribution >= 4 is 5.91 Å². The molecule has 2 heterocycles. The molecule has 1 aliphatic carbocycles. The van der Waals surface area contributed by atoms with Gasteiger partial charge in [0, 0.05) is 24.1 Å². The van der Waals surface area contributed by atoms with Crippen LogP contribution in [-0.2, 0) is 11.2 Å². The van der Waals surface area contributed by atoms with Gasteiger partial charge in [0.15, 0.2) is 0 Å². The summed E-state index contributed by atoms with van der Waals surface area (Å²) in [5.74, 6) is 2.16. The minimum atomic E-state index is -0.0286. The molecule has 5 rings (SSSR count). The number of aromatic nitrogens is 2. The Morgan fingerprint density at radius 3 is 2.74 bits per heavy atom. The standard InChI is InChI=1S/C24H25N3O4/c1-14(2)30-17-8-6-15(7-9-17)24-25-23(26-31-24)19-5-3-4-18-20(19)12-16-13-21(29)27(10-11-28)22(16)18/h3-9,14,16,22,28H,10-13H2,1-2H3/t16-,22+/m0/s1. The van der Waals surface area contributed by atoms with E-state index in [1.807, 2.05) is 55.1 Å².